The van der Waals surface area contributed by atoms with Gasteiger partial charge in [-0.1, -0.05) is 24.3 Å². The van der Waals surface area contributed by atoms with Gasteiger partial charge in [-0.15, -0.1) is 47.0 Å². The molecule has 2 heterocycles. The first-order chi connectivity index (χ1) is 8.28. The Hall–Kier alpha value is 0.620. The number of hydrogen-bond acceptors (Lipinski definition) is 4. The summed E-state index contributed by atoms with van der Waals surface area (Å²) in [4.78, 5) is 0. The predicted octanol–water partition coefficient (Wildman–Crippen LogP) is 4.82. The van der Waals surface area contributed by atoms with Crippen LogP contribution < -0.4 is 0 Å². The minimum Gasteiger partial charge on any atom is -0.142 e. The van der Waals surface area contributed by atoms with Gasteiger partial charge in [0.2, 0.25) is 0 Å². The maximum Gasteiger partial charge on any atom is 0.0832 e. The van der Waals surface area contributed by atoms with E-state index in [0.29, 0.717) is 8.66 Å². The first kappa shape index (κ1) is 12.6. The van der Waals surface area contributed by atoms with Gasteiger partial charge in [-0.3, -0.25) is 0 Å². The molecule has 2 aliphatic rings. The van der Waals surface area contributed by atoms with Gasteiger partial charge >= 0.3 is 0 Å². The Labute approximate surface area is 120 Å². The van der Waals surface area contributed by atoms with Crippen LogP contribution >= 0.6 is 47.0 Å². The fourth-order valence-electron chi connectivity index (χ4n) is 2.18. The zero-order valence-electron chi connectivity index (χ0n) is 9.85. The van der Waals surface area contributed by atoms with E-state index in [1.807, 2.05) is 0 Å². The van der Waals surface area contributed by atoms with Crippen molar-refractivity contribution in [3.05, 3.63) is 35.4 Å². The van der Waals surface area contributed by atoms with Crippen LogP contribution in [0.25, 0.3) is 0 Å². The highest BCUT2D eigenvalue weighted by molar-refractivity contribution is 8.20. The summed E-state index contributed by atoms with van der Waals surface area (Å²) in [7, 11) is 0. The Bertz CT molecular complexity index is 375. The molecule has 92 valence electrons. The molecular formula is C13H16S4. The summed E-state index contributed by atoms with van der Waals surface area (Å²) in [6, 6.07) is 9.38. The van der Waals surface area contributed by atoms with Crippen LogP contribution in [0.4, 0.5) is 0 Å². The quantitative estimate of drug-likeness (QED) is 0.767. The predicted molar refractivity (Wildman–Crippen MR) is 86.4 cm³/mol. The zero-order chi connectivity index (χ0) is 11.7. The molecule has 2 fully saturated rings. The molecule has 0 saturated carbocycles. The van der Waals surface area contributed by atoms with Crippen LogP contribution in [0.5, 0.6) is 0 Å². The van der Waals surface area contributed by atoms with Crippen molar-refractivity contribution in [3.8, 4) is 0 Å². The Morgan fingerprint density at radius 2 is 1.53 bits per heavy atom. The molecule has 3 rings (SSSR count). The van der Waals surface area contributed by atoms with Gasteiger partial charge in [-0.25, -0.2) is 0 Å². The fourth-order valence-corrected chi connectivity index (χ4v) is 7.92. The largest absolute Gasteiger partial charge is 0.142 e. The van der Waals surface area contributed by atoms with E-state index in [9.17, 15) is 0 Å². The van der Waals surface area contributed by atoms with Gasteiger partial charge < -0.3 is 0 Å². The van der Waals surface area contributed by atoms with Crippen LogP contribution in [-0.2, 0) is 4.08 Å². The van der Waals surface area contributed by atoms with Gasteiger partial charge in [0, 0.05) is 23.0 Å². The maximum atomic E-state index is 2.36. The summed E-state index contributed by atoms with van der Waals surface area (Å²) in [5, 5.41) is 0. The van der Waals surface area contributed by atoms with Crippen LogP contribution in [0.2, 0.25) is 0 Å². The van der Waals surface area contributed by atoms with Crippen LogP contribution in [-0.4, -0.2) is 23.0 Å². The average molecular weight is 301 g/mol. The Morgan fingerprint density at radius 1 is 0.941 bits per heavy atom. The third-order valence-corrected chi connectivity index (χ3v) is 9.63. The van der Waals surface area contributed by atoms with Crippen molar-refractivity contribution in [2.75, 3.05) is 23.0 Å². The van der Waals surface area contributed by atoms with Crippen molar-refractivity contribution in [3.63, 3.8) is 0 Å². The summed E-state index contributed by atoms with van der Waals surface area (Å²) in [6.45, 7) is 2.36. The first-order valence-electron chi connectivity index (χ1n) is 5.89. The second-order valence-electron chi connectivity index (χ2n) is 4.34. The van der Waals surface area contributed by atoms with Gasteiger partial charge in [-0.2, -0.15) is 0 Å². The van der Waals surface area contributed by atoms with Crippen LogP contribution in [0.1, 0.15) is 22.6 Å². The summed E-state index contributed by atoms with van der Waals surface area (Å²) in [5.74, 6) is 5.19. The molecule has 4 heteroatoms. The number of thioether (sulfide) groups is 4. The summed E-state index contributed by atoms with van der Waals surface area (Å²) >= 11 is 8.35. The van der Waals surface area contributed by atoms with Crippen molar-refractivity contribution >= 4 is 47.0 Å². The van der Waals surface area contributed by atoms with Crippen LogP contribution in [0.3, 0.4) is 0 Å². The van der Waals surface area contributed by atoms with Gasteiger partial charge in [0.05, 0.1) is 8.66 Å². The Morgan fingerprint density at radius 3 is 2.12 bits per heavy atom. The first-order valence-corrected chi connectivity index (χ1v) is 9.96. The van der Waals surface area contributed by atoms with E-state index in [1.165, 1.54) is 34.1 Å². The van der Waals surface area contributed by atoms with Crippen molar-refractivity contribution in [2.24, 2.45) is 0 Å². The van der Waals surface area contributed by atoms with Gasteiger partial charge in [0.1, 0.15) is 0 Å². The lowest BCUT2D eigenvalue weighted by atomic mass is 10.1. The number of hydrogen-bond donors (Lipinski definition) is 0. The summed E-state index contributed by atoms with van der Waals surface area (Å²) in [6.07, 6.45) is 0. The number of benzene rings is 1. The molecule has 0 bridgehead atoms. The lowest BCUT2D eigenvalue weighted by molar-refractivity contribution is 1.02. The van der Waals surface area contributed by atoms with Crippen molar-refractivity contribution in [1.29, 1.82) is 0 Å². The van der Waals surface area contributed by atoms with Crippen LogP contribution in [0.15, 0.2) is 24.3 Å². The zero-order valence-corrected chi connectivity index (χ0v) is 13.1. The van der Waals surface area contributed by atoms with E-state index in [-0.39, 0.29) is 0 Å². The maximum absolute atomic E-state index is 2.36. The standard InChI is InChI=1S/C13H16S4/c1-13(16-8-9-17-13)11-4-2-10(3-5-11)12-14-6-7-15-12/h2-5,12H,6-9H2,1H3. The highest BCUT2D eigenvalue weighted by Crippen LogP contribution is 2.52. The monoisotopic (exact) mass is 300 g/mol. The molecule has 0 spiro atoms. The third-order valence-electron chi connectivity index (χ3n) is 3.17. The molecule has 0 N–H and O–H groups in total. The lowest BCUT2D eigenvalue weighted by Crippen LogP contribution is -2.08. The average Bonchev–Trinajstić information content (AvgIpc) is 3.01. The minimum absolute atomic E-state index is 0.300. The number of rotatable bonds is 2. The summed E-state index contributed by atoms with van der Waals surface area (Å²) in [5.41, 5.74) is 2.99. The Kier molecular flexibility index (Phi) is 3.95. The highest BCUT2D eigenvalue weighted by atomic mass is 32.2. The molecular weight excluding hydrogens is 284 g/mol. The minimum atomic E-state index is 0.300. The third kappa shape index (κ3) is 2.65. The van der Waals surface area contributed by atoms with Crippen LogP contribution in [0, 0.1) is 0 Å². The van der Waals surface area contributed by atoms with E-state index < -0.39 is 0 Å². The van der Waals surface area contributed by atoms with E-state index >= 15 is 0 Å². The molecule has 1 aromatic rings. The lowest BCUT2D eigenvalue weighted by Gasteiger charge is -2.22. The molecule has 2 saturated heterocycles. The smallest absolute Gasteiger partial charge is 0.0832 e. The van der Waals surface area contributed by atoms with E-state index in [0.717, 1.165) is 0 Å². The van der Waals surface area contributed by atoms with Crippen molar-refractivity contribution in [1.82, 2.24) is 0 Å². The summed E-state index contributed by atoms with van der Waals surface area (Å²) < 4.78 is 0.981. The molecule has 0 unspecified atom stereocenters. The van der Waals surface area contributed by atoms with Gasteiger partial charge in [0.15, 0.2) is 0 Å². The van der Waals surface area contributed by atoms with Crippen molar-refractivity contribution in [2.45, 2.75) is 15.6 Å². The van der Waals surface area contributed by atoms with Gasteiger partial charge in [-0.05, 0) is 18.1 Å². The van der Waals surface area contributed by atoms with E-state index in [4.69, 9.17) is 0 Å². The normalized spacial score (nSPS) is 24.3. The molecule has 1 aromatic carbocycles. The van der Waals surface area contributed by atoms with Gasteiger partial charge in [0.25, 0.3) is 0 Å². The fraction of sp³-hybridized carbons (Fsp3) is 0.538. The topological polar surface area (TPSA) is 0 Å². The van der Waals surface area contributed by atoms with Crippen molar-refractivity contribution < 1.29 is 0 Å². The SMILES string of the molecule is CC1(c2ccc(C3SCCS3)cc2)SCCS1. The molecule has 0 aromatic heterocycles. The molecule has 0 radical (unpaired) electrons. The molecule has 0 nitrogen and oxygen atoms in total. The van der Waals surface area contributed by atoms with E-state index in [2.05, 4.69) is 78.2 Å². The molecule has 2 aliphatic heterocycles. The molecule has 0 aliphatic carbocycles. The Balaban J connectivity index is 1.79. The molecule has 0 atom stereocenters. The molecule has 17 heavy (non-hydrogen) atoms. The van der Waals surface area contributed by atoms with E-state index in [1.54, 1.807) is 0 Å². The second kappa shape index (κ2) is 5.32. The molecule has 0 amide bonds. The highest BCUT2D eigenvalue weighted by Gasteiger charge is 2.32. The second-order valence-corrected chi connectivity index (χ2v) is 10.3.